The lowest BCUT2D eigenvalue weighted by Gasteiger charge is -2.11. The lowest BCUT2D eigenvalue weighted by atomic mass is 10.0. The number of carbonyl (C=O) groups is 1. The van der Waals surface area contributed by atoms with Crippen LogP contribution in [0, 0.1) is 5.92 Å². The largest absolute Gasteiger partial charge is 0.374 e. The summed E-state index contributed by atoms with van der Waals surface area (Å²) in [6, 6.07) is 7.53. The number of benzene rings is 1. The highest BCUT2D eigenvalue weighted by molar-refractivity contribution is 7.81. The van der Waals surface area contributed by atoms with Gasteiger partial charge in [0.2, 0.25) is 0 Å². The standard InChI is InChI=1S/C12H17NOS/c1-8(2)12(14)10-5-4-6-11(7-10)13-9(3)15/h4-9,13,15H,1-3H3. The van der Waals surface area contributed by atoms with Crippen LogP contribution >= 0.6 is 12.6 Å². The topological polar surface area (TPSA) is 29.1 Å². The highest BCUT2D eigenvalue weighted by Crippen LogP contribution is 2.15. The van der Waals surface area contributed by atoms with Crippen molar-refractivity contribution in [1.29, 1.82) is 0 Å². The number of Topliss-reactive ketones (excluding diaryl/α,β-unsaturated/α-hetero) is 1. The molecule has 0 saturated carbocycles. The maximum absolute atomic E-state index is 11.7. The predicted octanol–water partition coefficient (Wildman–Crippen LogP) is 3.21. The molecule has 3 heteroatoms. The molecule has 0 heterocycles. The predicted molar refractivity (Wildman–Crippen MR) is 67.7 cm³/mol. The molecule has 0 amide bonds. The van der Waals surface area contributed by atoms with Crippen molar-refractivity contribution in [1.82, 2.24) is 0 Å². The van der Waals surface area contributed by atoms with E-state index in [1.54, 1.807) is 0 Å². The van der Waals surface area contributed by atoms with Gasteiger partial charge in [0.25, 0.3) is 0 Å². The number of anilines is 1. The summed E-state index contributed by atoms with van der Waals surface area (Å²) < 4.78 is 0. The molecule has 0 bridgehead atoms. The molecule has 0 fully saturated rings. The average molecular weight is 223 g/mol. The van der Waals surface area contributed by atoms with E-state index in [9.17, 15) is 4.79 Å². The van der Waals surface area contributed by atoms with E-state index in [1.807, 2.05) is 45.0 Å². The Morgan fingerprint density at radius 1 is 1.33 bits per heavy atom. The van der Waals surface area contributed by atoms with Gasteiger partial charge in [0, 0.05) is 17.2 Å². The summed E-state index contributed by atoms with van der Waals surface area (Å²) in [6.45, 7) is 5.76. The highest BCUT2D eigenvalue weighted by atomic mass is 32.1. The van der Waals surface area contributed by atoms with Gasteiger partial charge in [-0.3, -0.25) is 4.79 Å². The van der Waals surface area contributed by atoms with Gasteiger partial charge in [0.15, 0.2) is 5.78 Å². The third-order valence-electron chi connectivity index (χ3n) is 2.05. The lowest BCUT2D eigenvalue weighted by Crippen LogP contribution is -2.10. The molecule has 1 N–H and O–H groups in total. The third kappa shape index (κ3) is 3.59. The first-order chi connectivity index (χ1) is 7.00. The molecule has 0 aliphatic carbocycles. The van der Waals surface area contributed by atoms with E-state index in [1.165, 1.54) is 0 Å². The van der Waals surface area contributed by atoms with E-state index < -0.39 is 0 Å². The number of rotatable bonds is 4. The van der Waals surface area contributed by atoms with Gasteiger partial charge in [0.1, 0.15) is 0 Å². The van der Waals surface area contributed by atoms with Crippen LogP contribution in [0.3, 0.4) is 0 Å². The van der Waals surface area contributed by atoms with Crippen LogP contribution in [0.1, 0.15) is 31.1 Å². The maximum atomic E-state index is 11.7. The first-order valence-electron chi connectivity index (χ1n) is 5.09. The van der Waals surface area contributed by atoms with Gasteiger partial charge in [-0.2, -0.15) is 12.6 Å². The number of hydrogen-bond acceptors (Lipinski definition) is 3. The van der Waals surface area contributed by atoms with E-state index in [4.69, 9.17) is 0 Å². The molecular formula is C12H17NOS. The van der Waals surface area contributed by atoms with Crippen molar-refractivity contribution < 1.29 is 4.79 Å². The van der Waals surface area contributed by atoms with Crippen LogP contribution < -0.4 is 5.32 Å². The number of ketones is 1. The summed E-state index contributed by atoms with van der Waals surface area (Å²) in [4.78, 5) is 11.7. The second-order valence-corrected chi connectivity index (χ2v) is 4.69. The Morgan fingerprint density at radius 3 is 2.53 bits per heavy atom. The van der Waals surface area contributed by atoms with E-state index in [2.05, 4.69) is 17.9 Å². The van der Waals surface area contributed by atoms with Crippen molar-refractivity contribution in [2.75, 3.05) is 5.32 Å². The summed E-state index contributed by atoms with van der Waals surface area (Å²) in [7, 11) is 0. The average Bonchev–Trinajstić information content (AvgIpc) is 2.16. The zero-order chi connectivity index (χ0) is 11.4. The SMILES string of the molecule is CC(S)Nc1cccc(C(=O)C(C)C)c1. The van der Waals surface area contributed by atoms with Gasteiger partial charge in [-0.15, -0.1) is 0 Å². The number of hydrogen-bond donors (Lipinski definition) is 2. The molecule has 1 aromatic carbocycles. The number of thiol groups is 1. The minimum Gasteiger partial charge on any atom is -0.374 e. The quantitative estimate of drug-likeness (QED) is 0.466. The number of carbonyl (C=O) groups excluding carboxylic acids is 1. The molecular weight excluding hydrogens is 206 g/mol. The second-order valence-electron chi connectivity index (χ2n) is 3.92. The van der Waals surface area contributed by atoms with Crippen LogP contribution in [0.5, 0.6) is 0 Å². The summed E-state index contributed by atoms with van der Waals surface area (Å²) in [5.41, 5.74) is 1.69. The maximum Gasteiger partial charge on any atom is 0.165 e. The molecule has 0 aromatic heterocycles. The van der Waals surface area contributed by atoms with Crippen LogP contribution in [0.2, 0.25) is 0 Å². The van der Waals surface area contributed by atoms with Gasteiger partial charge in [-0.1, -0.05) is 26.0 Å². The van der Waals surface area contributed by atoms with Crippen molar-refractivity contribution in [2.24, 2.45) is 5.92 Å². The summed E-state index contributed by atoms with van der Waals surface area (Å²) in [6.07, 6.45) is 0. The van der Waals surface area contributed by atoms with Crippen molar-refractivity contribution in [3.8, 4) is 0 Å². The monoisotopic (exact) mass is 223 g/mol. The summed E-state index contributed by atoms with van der Waals surface area (Å²) in [5.74, 6) is 0.208. The molecule has 1 unspecified atom stereocenters. The fourth-order valence-corrected chi connectivity index (χ4v) is 1.49. The van der Waals surface area contributed by atoms with Crippen LogP contribution in [0.4, 0.5) is 5.69 Å². The van der Waals surface area contributed by atoms with Crippen molar-refractivity contribution in [3.63, 3.8) is 0 Å². The first-order valence-corrected chi connectivity index (χ1v) is 5.61. The first kappa shape index (κ1) is 12.1. The van der Waals surface area contributed by atoms with Gasteiger partial charge < -0.3 is 5.32 Å². The van der Waals surface area contributed by atoms with Crippen molar-refractivity contribution >= 4 is 24.1 Å². The van der Waals surface area contributed by atoms with E-state index in [0.29, 0.717) is 0 Å². The molecule has 1 rings (SSSR count). The van der Waals surface area contributed by atoms with Crippen LogP contribution in [0.25, 0.3) is 0 Å². The molecule has 0 spiro atoms. The smallest absolute Gasteiger partial charge is 0.165 e. The fourth-order valence-electron chi connectivity index (χ4n) is 1.34. The Bertz CT molecular complexity index is 347. The molecule has 1 atom stereocenters. The normalized spacial score (nSPS) is 12.6. The zero-order valence-corrected chi connectivity index (χ0v) is 10.2. The van der Waals surface area contributed by atoms with Crippen LogP contribution in [-0.2, 0) is 0 Å². The Kier molecular flexibility index (Phi) is 4.21. The van der Waals surface area contributed by atoms with Crippen LogP contribution in [0.15, 0.2) is 24.3 Å². The Labute approximate surface area is 96.5 Å². The van der Waals surface area contributed by atoms with Gasteiger partial charge in [-0.05, 0) is 19.1 Å². The van der Waals surface area contributed by atoms with E-state index in [-0.39, 0.29) is 17.1 Å². The number of nitrogens with one attached hydrogen (secondary N) is 1. The molecule has 2 nitrogen and oxygen atoms in total. The van der Waals surface area contributed by atoms with Gasteiger partial charge in [0.05, 0.1) is 5.37 Å². The van der Waals surface area contributed by atoms with Crippen molar-refractivity contribution in [2.45, 2.75) is 26.1 Å². The lowest BCUT2D eigenvalue weighted by molar-refractivity contribution is 0.0939. The molecule has 15 heavy (non-hydrogen) atoms. The molecule has 0 radical (unpaired) electrons. The Morgan fingerprint density at radius 2 is 2.00 bits per heavy atom. The summed E-state index contributed by atoms with van der Waals surface area (Å²) >= 11 is 4.24. The molecule has 0 aliphatic heterocycles. The summed E-state index contributed by atoms with van der Waals surface area (Å²) in [5, 5.41) is 3.23. The van der Waals surface area contributed by atoms with Gasteiger partial charge in [-0.25, -0.2) is 0 Å². The van der Waals surface area contributed by atoms with Crippen molar-refractivity contribution in [3.05, 3.63) is 29.8 Å². The fraction of sp³-hybridized carbons (Fsp3) is 0.417. The zero-order valence-electron chi connectivity index (χ0n) is 9.32. The van der Waals surface area contributed by atoms with E-state index >= 15 is 0 Å². The molecule has 82 valence electrons. The Balaban J connectivity index is 2.87. The molecule has 0 aliphatic rings. The minimum absolute atomic E-state index is 0.0358. The van der Waals surface area contributed by atoms with E-state index in [0.717, 1.165) is 11.3 Å². The van der Waals surface area contributed by atoms with Gasteiger partial charge >= 0.3 is 0 Å². The minimum atomic E-state index is 0.0358. The molecule has 0 saturated heterocycles. The van der Waals surface area contributed by atoms with Crippen LogP contribution in [-0.4, -0.2) is 11.2 Å². The molecule has 1 aromatic rings. The second kappa shape index (κ2) is 5.21. The highest BCUT2D eigenvalue weighted by Gasteiger charge is 2.10. The Hall–Kier alpha value is -0.960. The third-order valence-corrected chi connectivity index (χ3v) is 2.18.